The highest BCUT2D eigenvalue weighted by molar-refractivity contribution is 5.77. The molecule has 0 N–H and O–H groups in total. The smallest absolute Gasteiger partial charge is 0.223 e. The summed E-state index contributed by atoms with van der Waals surface area (Å²) in [7, 11) is 1.67. The summed E-state index contributed by atoms with van der Waals surface area (Å²) in [4.78, 5) is 17.4. The van der Waals surface area contributed by atoms with Gasteiger partial charge in [-0.3, -0.25) is 9.69 Å². The van der Waals surface area contributed by atoms with Crippen LogP contribution in [0.15, 0.2) is 24.3 Å². The third-order valence-electron chi connectivity index (χ3n) is 5.45. The van der Waals surface area contributed by atoms with Crippen LogP contribution in [0.5, 0.6) is 5.75 Å². The molecule has 0 aromatic heterocycles. The van der Waals surface area contributed by atoms with Crippen molar-refractivity contribution < 1.29 is 14.3 Å². The van der Waals surface area contributed by atoms with Crippen LogP contribution in [-0.4, -0.2) is 67.2 Å². The Kier molecular flexibility index (Phi) is 6.54. The summed E-state index contributed by atoms with van der Waals surface area (Å²) in [5.74, 6) is 1.14. The van der Waals surface area contributed by atoms with Gasteiger partial charge in [0.1, 0.15) is 5.75 Å². The first-order valence-corrected chi connectivity index (χ1v) is 9.85. The molecule has 2 heterocycles. The van der Waals surface area contributed by atoms with Crippen LogP contribution in [0.4, 0.5) is 0 Å². The van der Waals surface area contributed by atoms with Gasteiger partial charge < -0.3 is 14.4 Å². The molecular formula is C21H32N2O3. The van der Waals surface area contributed by atoms with E-state index in [1.54, 1.807) is 7.11 Å². The molecule has 2 aliphatic rings. The lowest BCUT2D eigenvalue weighted by atomic mass is 10.1. The average molecular weight is 360 g/mol. The van der Waals surface area contributed by atoms with Crippen LogP contribution in [0, 0.1) is 0 Å². The van der Waals surface area contributed by atoms with E-state index >= 15 is 0 Å². The number of hydrogen-bond acceptors (Lipinski definition) is 4. The molecule has 3 atom stereocenters. The fourth-order valence-corrected chi connectivity index (χ4v) is 4.27. The van der Waals surface area contributed by atoms with Gasteiger partial charge in [0.25, 0.3) is 0 Å². The Balaban J connectivity index is 1.51. The predicted molar refractivity (Wildman–Crippen MR) is 102 cm³/mol. The van der Waals surface area contributed by atoms with Crippen molar-refractivity contribution in [3.8, 4) is 5.75 Å². The van der Waals surface area contributed by atoms with Gasteiger partial charge in [0.15, 0.2) is 0 Å². The van der Waals surface area contributed by atoms with Gasteiger partial charge in [-0.25, -0.2) is 0 Å². The highest BCUT2D eigenvalue weighted by atomic mass is 16.5. The van der Waals surface area contributed by atoms with E-state index < -0.39 is 0 Å². The van der Waals surface area contributed by atoms with Gasteiger partial charge in [0, 0.05) is 38.6 Å². The van der Waals surface area contributed by atoms with E-state index in [4.69, 9.17) is 9.47 Å². The molecule has 5 heteroatoms. The number of nitrogens with zero attached hydrogens (tertiary/aromatic N) is 2. The monoisotopic (exact) mass is 360 g/mol. The van der Waals surface area contributed by atoms with Crippen LogP contribution in [0.25, 0.3) is 0 Å². The number of morpholine rings is 1. The van der Waals surface area contributed by atoms with Crippen molar-refractivity contribution in [3.05, 3.63) is 29.8 Å². The Morgan fingerprint density at radius 2 is 1.88 bits per heavy atom. The second-order valence-electron chi connectivity index (χ2n) is 7.71. The molecule has 0 aliphatic carbocycles. The molecule has 0 saturated carbocycles. The maximum absolute atomic E-state index is 12.8. The minimum absolute atomic E-state index is 0.277. The molecule has 2 aliphatic heterocycles. The van der Waals surface area contributed by atoms with Gasteiger partial charge in [-0.15, -0.1) is 0 Å². The van der Waals surface area contributed by atoms with E-state index in [1.807, 2.05) is 24.3 Å². The summed E-state index contributed by atoms with van der Waals surface area (Å²) in [6.45, 7) is 8.08. The quantitative estimate of drug-likeness (QED) is 0.782. The molecule has 1 amide bonds. The Labute approximate surface area is 157 Å². The first-order valence-electron chi connectivity index (χ1n) is 9.85. The summed E-state index contributed by atoms with van der Waals surface area (Å²) in [5.41, 5.74) is 1.19. The maximum Gasteiger partial charge on any atom is 0.223 e. The van der Waals surface area contributed by atoms with Gasteiger partial charge in [-0.2, -0.15) is 0 Å². The van der Waals surface area contributed by atoms with Gasteiger partial charge >= 0.3 is 0 Å². The number of carbonyl (C=O) groups excluding carboxylic acids is 1. The standard InChI is InChI=1S/C21H32N2O3/c1-16-13-22(14-17(2)26-16)15-19-5-4-12-23(19)21(24)11-8-18-6-9-20(25-3)10-7-18/h6-7,9-10,16-17,19H,4-5,8,11-15H2,1-3H3/t16-,17-,19+/m0/s1. The second kappa shape index (κ2) is 8.87. The summed E-state index contributed by atoms with van der Waals surface area (Å²) in [5, 5.41) is 0. The Bertz CT molecular complexity index is 579. The van der Waals surface area contributed by atoms with Crippen LogP contribution < -0.4 is 4.74 Å². The minimum Gasteiger partial charge on any atom is -0.497 e. The van der Waals surface area contributed by atoms with E-state index in [1.165, 1.54) is 5.56 Å². The first kappa shape index (κ1) is 19.2. The molecule has 0 unspecified atom stereocenters. The van der Waals surface area contributed by atoms with Gasteiger partial charge in [-0.1, -0.05) is 12.1 Å². The number of amides is 1. The van der Waals surface area contributed by atoms with E-state index in [9.17, 15) is 4.79 Å². The topological polar surface area (TPSA) is 42.0 Å². The molecular weight excluding hydrogens is 328 g/mol. The number of carbonyl (C=O) groups is 1. The van der Waals surface area contributed by atoms with E-state index in [0.717, 1.165) is 51.2 Å². The molecule has 0 radical (unpaired) electrons. The van der Waals surface area contributed by atoms with Crippen molar-refractivity contribution in [3.63, 3.8) is 0 Å². The number of ether oxygens (including phenoxy) is 2. The predicted octanol–water partition coefficient (Wildman–Crippen LogP) is 2.73. The number of methoxy groups -OCH3 is 1. The molecule has 3 rings (SSSR count). The Hall–Kier alpha value is -1.59. The molecule has 2 saturated heterocycles. The van der Waals surface area contributed by atoms with Crippen molar-refractivity contribution in [2.45, 2.75) is 57.8 Å². The molecule has 2 fully saturated rings. The highest BCUT2D eigenvalue weighted by Crippen LogP contribution is 2.22. The first-order chi connectivity index (χ1) is 12.5. The molecule has 1 aromatic rings. The summed E-state index contributed by atoms with van der Waals surface area (Å²) >= 11 is 0. The van der Waals surface area contributed by atoms with Crippen molar-refractivity contribution in [2.75, 3.05) is 33.3 Å². The highest BCUT2D eigenvalue weighted by Gasteiger charge is 2.32. The number of likely N-dealkylation sites (tertiary alicyclic amines) is 1. The molecule has 1 aromatic carbocycles. The van der Waals surface area contributed by atoms with Gasteiger partial charge in [-0.05, 0) is 50.8 Å². The third kappa shape index (κ3) is 4.98. The van der Waals surface area contributed by atoms with E-state index in [-0.39, 0.29) is 18.1 Å². The lowest BCUT2D eigenvalue weighted by Gasteiger charge is -2.38. The summed E-state index contributed by atoms with van der Waals surface area (Å²) < 4.78 is 11.0. The maximum atomic E-state index is 12.8. The average Bonchev–Trinajstić information content (AvgIpc) is 3.07. The van der Waals surface area contributed by atoms with Crippen LogP contribution in [0.1, 0.15) is 38.7 Å². The summed E-state index contributed by atoms with van der Waals surface area (Å²) in [6, 6.07) is 8.36. The summed E-state index contributed by atoms with van der Waals surface area (Å²) in [6.07, 6.45) is 4.16. The van der Waals surface area contributed by atoms with Crippen LogP contribution in [0.2, 0.25) is 0 Å². The SMILES string of the molecule is COc1ccc(CCC(=O)N2CCC[C@@H]2CN2C[C@H](C)O[C@@H](C)C2)cc1. The molecule has 26 heavy (non-hydrogen) atoms. The van der Waals surface area contributed by atoms with Gasteiger partial charge in [0.2, 0.25) is 5.91 Å². The number of benzene rings is 1. The zero-order chi connectivity index (χ0) is 18.5. The van der Waals surface area contributed by atoms with Crippen molar-refractivity contribution in [1.29, 1.82) is 0 Å². The zero-order valence-electron chi connectivity index (χ0n) is 16.3. The third-order valence-corrected chi connectivity index (χ3v) is 5.45. The zero-order valence-corrected chi connectivity index (χ0v) is 16.3. The number of rotatable bonds is 6. The van der Waals surface area contributed by atoms with Crippen LogP contribution in [0.3, 0.4) is 0 Å². The normalized spacial score (nSPS) is 26.9. The van der Waals surface area contributed by atoms with Crippen molar-refractivity contribution in [2.24, 2.45) is 0 Å². The lowest BCUT2D eigenvalue weighted by Crippen LogP contribution is -2.50. The lowest BCUT2D eigenvalue weighted by molar-refractivity contribution is -0.133. The molecule has 0 bridgehead atoms. The van der Waals surface area contributed by atoms with Crippen LogP contribution in [-0.2, 0) is 16.0 Å². The Morgan fingerprint density at radius 3 is 2.54 bits per heavy atom. The van der Waals surface area contributed by atoms with Gasteiger partial charge in [0.05, 0.1) is 19.3 Å². The van der Waals surface area contributed by atoms with E-state index in [0.29, 0.717) is 12.5 Å². The van der Waals surface area contributed by atoms with Crippen molar-refractivity contribution in [1.82, 2.24) is 9.80 Å². The Morgan fingerprint density at radius 1 is 1.19 bits per heavy atom. The molecule has 0 spiro atoms. The fourth-order valence-electron chi connectivity index (χ4n) is 4.27. The van der Waals surface area contributed by atoms with Crippen molar-refractivity contribution >= 4 is 5.91 Å². The minimum atomic E-state index is 0.277. The molecule has 144 valence electrons. The fraction of sp³-hybridized carbons (Fsp3) is 0.667. The second-order valence-corrected chi connectivity index (χ2v) is 7.71. The molecule has 5 nitrogen and oxygen atoms in total. The van der Waals surface area contributed by atoms with Crippen LogP contribution >= 0.6 is 0 Å². The number of aryl methyl sites for hydroxylation is 1. The number of hydrogen-bond donors (Lipinski definition) is 0. The largest absolute Gasteiger partial charge is 0.497 e. The van der Waals surface area contributed by atoms with E-state index in [2.05, 4.69) is 23.6 Å².